The second-order valence-corrected chi connectivity index (χ2v) is 5.33. The van der Waals surface area contributed by atoms with Gasteiger partial charge in [-0.1, -0.05) is 13.8 Å². The summed E-state index contributed by atoms with van der Waals surface area (Å²) < 4.78 is 6.36. The van der Waals surface area contributed by atoms with Crippen molar-refractivity contribution in [2.45, 2.75) is 32.9 Å². The highest BCUT2D eigenvalue weighted by atomic mass is 16.5. The molecule has 0 radical (unpaired) electrons. The number of hydrogen-bond acceptors (Lipinski definition) is 6. The Labute approximate surface area is 122 Å². The lowest BCUT2D eigenvalue weighted by atomic mass is 10.2. The van der Waals surface area contributed by atoms with E-state index in [9.17, 15) is 9.59 Å². The maximum absolute atomic E-state index is 11.9. The smallest absolute Gasteiger partial charge is 0.330 e. The number of anilines is 2. The summed E-state index contributed by atoms with van der Waals surface area (Å²) >= 11 is 0. The second-order valence-electron chi connectivity index (χ2n) is 5.33. The van der Waals surface area contributed by atoms with Gasteiger partial charge in [0.25, 0.3) is 5.56 Å². The molecule has 0 aromatic carbocycles. The highest BCUT2D eigenvalue weighted by molar-refractivity contribution is 5.60. The molecular formula is C13H24N4O4. The van der Waals surface area contributed by atoms with Crippen molar-refractivity contribution in [3.63, 3.8) is 0 Å². The minimum atomic E-state index is -0.573. The predicted molar refractivity (Wildman–Crippen MR) is 81.6 cm³/mol. The van der Waals surface area contributed by atoms with E-state index in [1.165, 1.54) is 11.7 Å². The SMILES string of the molecule is COCC(CCO)Nc1c(N)n(CC(C)C)c(=O)[nH]c1=O. The normalized spacial score (nSPS) is 12.6. The highest BCUT2D eigenvalue weighted by Crippen LogP contribution is 2.14. The number of rotatable bonds is 8. The molecule has 1 atom stereocenters. The van der Waals surface area contributed by atoms with Gasteiger partial charge in [0.1, 0.15) is 11.5 Å². The van der Waals surface area contributed by atoms with E-state index < -0.39 is 11.2 Å². The van der Waals surface area contributed by atoms with Crippen molar-refractivity contribution in [2.75, 3.05) is 31.4 Å². The van der Waals surface area contributed by atoms with Gasteiger partial charge in [-0.15, -0.1) is 0 Å². The van der Waals surface area contributed by atoms with Crippen LogP contribution in [0.5, 0.6) is 0 Å². The zero-order valence-electron chi connectivity index (χ0n) is 12.7. The van der Waals surface area contributed by atoms with Crippen molar-refractivity contribution in [2.24, 2.45) is 5.92 Å². The molecule has 1 aromatic rings. The molecule has 0 aliphatic heterocycles. The molecule has 1 unspecified atom stereocenters. The molecule has 120 valence electrons. The molecule has 5 N–H and O–H groups in total. The number of nitrogen functional groups attached to an aromatic ring is 1. The topological polar surface area (TPSA) is 122 Å². The van der Waals surface area contributed by atoms with Crippen LogP contribution in [-0.2, 0) is 11.3 Å². The molecule has 0 spiro atoms. The largest absolute Gasteiger partial charge is 0.396 e. The number of aromatic nitrogens is 2. The van der Waals surface area contributed by atoms with Gasteiger partial charge in [-0.25, -0.2) is 4.79 Å². The molecule has 0 fully saturated rings. The lowest BCUT2D eigenvalue weighted by molar-refractivity contribution is 0.170. The van der Waals surface area contributed by atoms with Crippen molar-refractivity contribution in [3.8, 4) is 0 Å². The summed E-state index contributed by atoms with van der Waals surface area (Å²) in [7, 11) is 1.53. The summed E-state index contributed by atoms with van der Waals surface area (Å²) in [5.74, 6) is 0.299. The van der Waals surface area contributed by atoms with Gasteiger partial charge >= 0.3 is 5.69 Å². The fraction of sp³-hybridized carbons (Fsp3) is 0.692. The van der Waals surface area contributed by atoms with Crippen molar-refractivity contribution in [1.82, 2.24) is 9.55 Å². The third kappa shape index (κ3) is 4.61. The van der Waals surface area contributed by atoms with Crippen LogP contribution in [0.3, 0.4) is 0 Å². The Bertz CT molecular complexity index is 558. The zero-order valence-corrected chi connectivity index (χ0v) is 12.7. The van der Waals surface area contributed by atoms with E-state index >= 15 is 0 Å². The molecule has 0 aliphatic rings. The first-order valence-corrected chi connectivity index (χ1v) is 6.89. The van der Waals surface area contributed by atoms with Crippen LogP contribution in [0.15, 0.2) is 9.59 Å². The highest BCUT2D eigenvalue weighted by Gasteiger charge is 2.16. The van der Waals surface area contributed by atoms with Gasteiger partial charge in [-0.05, 0) is 12.3 Å². The number of nitrogens with one attached hydrogen (secondary N) is 2. The fourth-order valence-electron chi connectivity index (χ4n) is 2.03. The molecule has 1 aromatic heterocycles. The molecule has 0 aliphatic carbocycles. The number of nitrogens with zero attached hydrogens (tertiary/aromatic N) is 1. The standard InChI is InChI=1S/C13H24N4O4/c1-8(2)6-17-11(14)10(12(19)16-13(17)20)15-9(4-5-18)7-21-3/h8-9,15,18H,4-7,14H2,1-3H3,(H,16,19,20). The van der Waals surface area contributed by atoms with E-state index in [2.05, 4.69) is 10.3 Å². The van der Waals surface area contributed by atoms with Crippen LogP contribution >= 0.6 is 0 Å². The summed E-state index contributed by atoms with van der Waals surface area (Å²) in [6.07, 6.45) is 0.399. The Morgan fingerprint density at radius 2 is 2.10 bits per heavy atom. The van der Waals surface area contributed by atoms with Gasteiger partial charge in [0.05, 0.1) is 12.6 Å². The first-order chi connectivity index (χ1) is 9.90. The van der Waals surface area contributed by atoms with Gasteiger partial charge in [0.15, 0.2) is 0 Å². The third-order valence-electron chi connectivity index (χ3n) is 2.98. The molecule has 0 bridgehead atoms. The van der Waals surface area contributed by atoms with Crippen LogP contribution in [0.1, 0.15) is 20.3 Å². The van der Waals surface area contributed by atoms with E-state index in [0.29, 0.717) is 19.6 Å². The van der Waals surface area contributed by atoms with Crippen molar-refractivity contribution in [1.29, 1.82) is 0 Å². The number of H-pyrrole nitrogens is 1. The summed E-state index contributed by atoms with van der Waals surface area (Å²) in [5, 5.41) is 12.0. The number of hydrogen-bond donors (Lipinski definition) is 4. The maximum Gasteiger partial charge on any atom is 0.330 e. The van der Waals surface area contributed by atoms with E-state index in [-0.39, 0.29) is 30.1 Å². The lowest BCUT2D eigenvalue weighted by Crippen LogP contribution is -2.37. The Kier molecular flexibility index (Phi) is 6.44. The van der Waals surface area contributed by atoms with Crippen LogP contribution in [0.4, 0.5) is 11.5 Å². The Morgan fingerprint density at radius 1 is 1.43 bits per heavy atom. The average molecular weight is 300 g/mol. The maximum atomic E-state index is 11.9. The first kappa shape index (κ1) is 17.3. The quantitative estimate of drug-likeness (QED) is 0.517. The Balaban J connectivity index is 3.16. The summed E-state index contributed by atoms with van der Waals surface area (Å²) in [6, 6.07) is -0.270. The molecule has 8 nitrogen and oxygen atoms in total. The molecule has 0 saturated heterocycles. The molecule has 0 amide bonds. The number of aliphatic hydroxyl groups is 1. The third-order valence-corrected chi connectivity index (χ3v) is 2.98. The zero-order chi connectivity index (χ0) is 16.0. The minimum Gasteiger partial charge on any atom is -0.396 e. The van der Waals surface area contributed by atoms with Crippen LogP contribution < -0.4 is 22.3 Å². The van der Waals surface area contributed by atoms with Crippen molar-refractivity contribution < 1.29 is 9.84 Å². The van der Waals surface area contributed by atoms with Crippen LogP contribution in [0.25, 0.3) is 0 Å². The number of ether oxygens (including phenoxy) is 1. The van der Waals surface area contributed by atoms with Crippen molar-refractivity contribution in [3.05, 3.63) is 20.8 Å². The molecular weight excluding hydrogens is 276 g/mol. The molecule has 1 heterocycles. The monoisotopic (exact) mass is 300 g/mol. The molecule has 21 heavy (non-hydrogen) atoms. The average Bonchev–Trinajstić information content (AvgIpc) is 2.39. The number of nitrogens with two attached hydrogens (primary N) is 1. The van der Waals surface area contributed by atoms with Crippen LogP contribution in [0, 0.1) is 5.92 Å². The van der Waals surface area contributed by atoms with Gasteiger partial charge < -0.3 is 20.9 Å². The Morgan fingerprint density at radius 3 is 2.62 bits per heavy atom. The Hall–Kier alpha value is -1.80. The number of methoxy groups -OCH3 is 1. The van der Waals surface area contributed by atoms with E-state index in [1.54, 1.807) is 0 Å². The van der Waals surface area contributed by atoms with E-state index in [1.807, 2.05) is 13.8 Å². The summed E-state index contributed by atoms with van der Waals surface area (Å²) in [4.78, 5) is 26.0. The van der Waals surface area contributed by atoms with E-state index in [4.69, 9.17) is 15.6 Å². The van der Waals surface area contributed by atoms with Gasteiger partial charge in [0.2, 0.25) is 0 Å². The van der Waals surface area contributed by atoms with Gasteiger partial charge in [-0.3, -0.25) is 14.3 Å². The van der Waals surface area contributed by atoms with E-state index in [0.717, 1.165) is 0 Å². The van der Waals surface area contributed by atoms with Crippen LogP contribution in [-0.4, -0.2) is 41.0 Å². The van der Waals surface area contributed by atoms with Gasteiger partial charge in [0, 0.05) is 20.3 Å². The number of aliphatic hydroxyl groups excluding tert-OH is 1. The predicted octanol–water partition coefficient (Wildman–Crippen LogP) is -0.416. The molecule has 1 rings (SSSR count). The number of aromatic amines is 1. The fourth-order valence-corrected chi connectivity index (χ4v) is 2.03. The lowest BCUT2D eigenvalue weighted by Gasteiger charge is -2.20. The molecule has 8 heteroatoms. The van der Waals surface area contributed by atoms with Crippen molar-refractivity contribution >= 4 is 11.5 Å². The summed E-state index contributed by atoms with van der Waals surface area (Å²) in [5.41, 5.74) is 4.98. The first-order valence-electron chi connectivity index (χ1n) is 6.89. The van der Waals surface area contributed by atoms with Crippen LogP contribution in [0.2, 0.25) is 0 Å². The minimum absolute atomic E-state index is 0.0511. The molecule has 0 saturated carbocycles. The summed E-state index contributed by atoms with van der Waals surface area (Å²) in [6.45, 7) is 4.56. The van der Waals surface area contributed by atoms with Gasteiger partial charge in [-0.2, -0.15) is 0 Å². The second kappa shape index (κ2) is 7.84.